The molecule has 1 saturated carbocycles. The van der Waals surface area contributed by atoms with Crippen molar-refractivity contribution in [1.29, 1.82) is 0 Å². The van der Waals surface area contributed by atoms with Crippen molar-refractivity contribution in [3.05, 3.63) is 24.3 Å². The van der Waals surface area contributed by atoms with Gasteiger partial charge in [-0.3, -0.25) is 19.2 Å². The minimum Gasteiger partial charge on any atom is -0.454 e. The van der Waals surface area contributed by atoms with Crippen LogP contribution in [0.15, 0.2) is 24.3 Å². The number of carbonyl (C=O) groups is 4. The molecule has 1 fully saturated rings. The molecule has 0 aromatic carbocycles. The molecule has 4 unspecified atom stereocenters. The molecule has 4 atom stereocenters. The minimum atomic E-state index is -0.942. The molecule has 0 saturated heterocycles. The van der Waals surface area contributed by atoms with Gasteiger partial charge in [0.1, 0.15) is 0 Å². The lowest BCUT2D eigenvalue weighted by atomic mass is 9.79. The van der Waals surface area contributed by atoms with Crippen LogP contribution in [-0.2, 0) is 28.7 Å². The molecule has 0 bridgehead atoms. The van der Waals surface area contributed by atoms with Crippen LogP contribution in [0.1, 0.15) is 53.4 Å². The lowest BCUT2D eigenvalue weighted by molar-refractivity contribution is -0.169. The van der Waals surface area contributed by atoms with Crippen molar-refractivity contribution >= 4 is 23.5 Å². The van der Waals surface area contributed by atoms with Gasteiger partial charge in [-0.15, -0.1) is 0 Å². The van der Waals surface area contributed by atoms with Crippen LogP contribution in [-0.4, -0.2) is 35.7 Å². The number of carbonyl (C=O) groups excluding carboxylic acids is 4. The number of ether oxygens (including phenoxy) is 2. The van der Waals surface area contributed by atoms with E-state index in [4.69, 9.17) is 9.47 Å². The maximum atomic E-state index is 12.5. The van der Waals surface area contributed by atoms with E-state index in [9.17, 15) is 19.2 Å². The number of rotatable bonds is 8. The van der Waals surface area contributed by atoms with E-state index in [-0.39, 0.29) is 11.6 Å². The summed E-state index contributed by atoms with van der Waals surface area (Å²) < 4.78 is 10.5. The van der Waals surface area contributed by atoms with Crippen molar-refractivity contribution in [2.75, 3.05) is 0 Å². The first-order valence-corrected chi connectivity index (χ1v) is 8.86. The van der Waals surface area contributed by atoms with E-state index in [2.05, 4.69) is 13.2 Å². The fourth-order valence-electron chi connectivity index (χ4n) is 3.02. The molecule has 144 valence electrons. The molecule has 0 aliphatic heterocycles. The highest BCUT2D eigenvalue weighted by atomic mass is 16.6. The molecule has 0 spiro atoms. The van der Waals surface area contributed by atoms with Crippen LogP contribution in [0.25, 0.3) is 0 Å². The fraction of sp³-hybridized carbons (Fsp3) is 0.600. The lowest BCUT2D eigenvalue weighted by Gasteiger charge is -2.29. The number of Topliss-reactive ketones (excluding diaryl/α,β-unsaturated/α-hetero) is 2. The Morgan fingerprint density at radius 1 is 0.769 bits per heavy atom. The van der Waals surface area contributed by atoms with Crippen LogP contribution in [0, 0.1) is 11.8 Å². The van der Waals surface area contributed by atoms with Crippen LogP contribution in [0.2, 0.25) is 0 Å². The van der Waals surface area contributed by atoms with Crippen molar-refractivity contribution in [3.8, 4) is 0 Å². The molecule has 0 aromatic heterocycles. The summed E-state index contributed by atoms with van der Waals surface area (Å²) in [6, 6.07) is 0. The average Bonchev–Trinajstić information content (AvgIpc) is 2.59. The third-order valence-electron chi connectivity index (χ3n) is 4.54. The van der Waals surface area contributed by atoms with Gasteiger partial charge in [-0.1, -0.05) is 26.0 Å². The molecular weight excluding hydrogens is 336 g/mol. The normalized spacial score (nSPS) is 21.8. The third-order valence-corrected chi connectivity index (χ3v) is 4.54. The van der Waals surface area contributed by atoms with Gasteiger partial charge < -0.3 is 9.47 Å². The van der Waals surface area contributed by atoms with Gasteiger partial charge >= 0.3 is 11.9 Å². The van der Waals surface area contributed by atoms with Crippen molar-refractivity contribution < 1.29 is 28.7 Å². The van der Waals surface area contributed by atoms with E-state index in [0.717, 1.165) is 12.8 Å². The molecule has 0 amide bonds. The third kappa shape index (κ3) is 5.64. The zero-order valence-corrected chi connectivity index (χ0v) is 16.0. The highest BCUT2D eigenvalue weighted by Gasteiger charge is 2.39. The number of esters is 2. The monoisotopic (exact) mass is 364 g/mol. The first kappa shape index (κ1) is 21.8. The van der Waals surface area contributed by atoms with Gasteiger partial charge in [0.2, 0.25) is 0 Å². The Bertz CT molecular complexity index is 564. The first-order chi connectivity index (χ1) is 12.1. The van der Waals surface area contributed by atoms with E-state index < -0.39 is 36.0 Å². The minimum absolute atomic E-state index is 0.303. The van der Waals surface area contributed by atoms with Gasteiger partial charge in [0.15, 0.2) is 23.8 Å². The van der Waals surface area contributed by atoms with Gasteiger partial charge in [-0.2, -0.15) is 0 Å². The maximum absolute atomic E-state index is 12.5. The molecule has 0 radical (unpaired) electrons. The zero-order valence-electron chi connectivity index (χ0n) is 16.0. The number of ketones is 2. The second-order valence-corrected chi connectivity index (χ2v) is 6.94. The van der Waals surface area contributed by atoms with Crippen molar-refractivity contribution in [3.63, 3.8) is 0 Å². The van der Waals surface area contributed by atoms with Crippen LogP contribution in [0.5, 0.6) is 0 Å². The highest BCUT2D eigenvalue weighted by Crippen LogP contribution is 2.32. The maximum Gasteiger partial charge on any atom is 0.310 e. The fourth-order valence-corrected chi connectivity index (χ4v) is 3.02. The Morgan fingerprint density at radius 2 is 1.08 bits per heavy atom. The summed E-state index contributed by atoms with van der Waals surface area (Å²) in [6.07, 6.45) is 0.648. The average molecular weight is 364 g/mol. The zero-order chi connectivity index (χ0) is 20.0. The van der Waals surface area contributed by atoms with E-state index in [1.165, 1.54) is 13.8 Å². The summed E-state index contributed by atoms with van der Waals surface area (Å²) in [7, 11) is 0. The van der Waals surface area contributed by atoms with E-state index in [1.807, 2.05) is 0 Å². The van der Waals surface area contributed by atoms with E-state index >= 15 is 0 Å². The quantitative estimate of drug-likeness (QED) is 0.486. The Kier molecular flexibility index (Phi) is 7.93. The van der Waals surface area contributed by atoms with E-state index in [1.54, 1.807) is 13.8 Å². The number of hydrogen-bond donors (Lipinski definition) is 0. The second-order valence-electron chi connectivity index (χ2n) is 6.94. The van der Waals surface area contributed by atoms with Gasteiger partial charge in [0, 0.05) is 0 Å². The molecule has 6 nitrogen and oxygen atoms in total. The summed E-state index contributed by atoms with van der Waals surface area (Å²) in [6.45, 7) is 13.2. The smallest absolute Gasteiger partial charge is 0.310 e. The molecule has 0 N–H and O–H groups in total. The highest BCUT2D eigenvalue weighted by molar-refractivity contribution is 5.99. The largest absolute Gasteiger partial charge is 0.454 e. The van der Waals surface area contributed by atoms with E-state index in [0.29, 0.717) is 24.0 Å². The van der Waals surface area contributed by atoms with Crippen molar-refractivity contribution in [1.82, 2.24) is 0 Å². The summed E-state index contributed by atoms with van der Waals surface area (Å²) in [4.78, 5) is 48.7. The van der Waals surface area contributed by atoms with Gasteiger partial charge in [-0.25, -0.2) is 0 Å². The summed E-state index contributed by atoms with van der Waals surface area (Å²) in [5.74, 6) is -3.24. The first-order valence-electron chi connectivity index (χ1n) is 8.86. The molecule has 0 aromatic rings. The van der Waals surface area contributed by atoms with Crippen LogP contribution >= 0.6 is 0 Å². The Morgan fingerprint density at radius 3 is 1.35 bits per heavy atom. The van der Waals surface area contributed by atoms with Gasteiger partial charge in [0.25, 0.3) is 0 Å². The molecule has 26 heavy (non-hydrogen) atoms. The molecule has 1 rings (SSSR count). The van der Waals surface area contributed by atoms with Gasteiger partial charge in [0.05, 0.1) is 11.8 Å². The molecule has 6 heteroatoms. The standard InChI is InChI=1S/C20H28O6/c1-11(2)17(21)13(5)25-19(23)15-9-7-8-10-16(15)20(24)26-14(6)18(22)12(3)4/h13-16H,1,3,7-10H2,2,4-6H3. The van der Waals surface area contributed by atoms with Crippen LogP contribution in [0.3, 0.4) is 0 Å². The summed E-state index contributed by atoms with van der Waals surface area (Å²) in [5.41, 5.74) is 0.606. The summed E-state index contributed by atoms with van der Waals surface area (Å²) in [5, 5.41) is 0. The molecular formula is C20H28O6. The summed E-state index contributed by atoms with van der Waals surface area (Å²) >= 11 is 0. The SMILES string of the molecule is C=C(C)C(=O)C(C)OC(=O)C1CCCCC1C(=O)OC(C)C(=O)C(=C)C. The molecule has 1 aliphatic carbocycles. The van der Waals surface area contributed by atoms with Crippen LogP contribution in [0.4, 0.5) is 0 Å². The predicted octanol–water partition coefficient (Wildman–Crippen LogP) is 2.95. The topological polar surface area (TPSA) is 86.7 Å². The second kappa shape index (κ2) is 9.46. The Hall–Kier alpha value is -2.24. The predicted molar refractivity (Wildman–Crippen MR) is 96.2 cm³/mol. The molecule has 0 heterocycles. The van der Waals surface area contributed by atoms with Crippen molar-refractivity contribution in [2.45, 2.75) is 65.6 Å². The van der Waals surface area contributed by atoms with Crippen molar-refractivity contribution in [2.24, 2.45) is 11.8 Å². The molecule has 1 aliphatic rings. The van der Waals surface area contributed by atoms with Gasteiger partial charge in [-0.05, 0) is 51.7 Å². The van der Waals surface area contributed by atoms with Crippen LogP contribution < -0.4 is 0 Å². The Labute approximate surface area is 154 Å². The Balaban J connectivity index is 2.79. The number of hydrogen-bond acceptors (Lipinski definition) is 6. The lowest BCUT2D eigenvalue weighted by Crippen LogP contribution is -2.39.